The average Bonchev–Trinajstić information content (AvgIpc) is 3.15. The second-order valence-electron chi connectivity index (χ2n) is 8.16. The molecule has 0 spiro atoms. The summed E-state index contributed by atoms with van der Waals surface area (Å²) in [5, 5.41) is 11.8. The molecule has 6 heteroatoms. The van der Waals surface area contributed by atoms with Crippen LogP contribution >= 0.6 is 0 Å². The first-order valence-electron chi connectivity index (χ1n) is 10.1. The molecule has 28 heavy (non-hydrogen) atoms. The number of likely N-dealkylation sites (tertiary alicyclic amines) is 1. The zero-order valence-corrected chi connectivity index (χ0v) is 16.8. The Morgan fingerprint density at radius 3 is 2.46 bits per heavy atom. The molecule has 2 saturated heterocycles. The summed E-state index contributed by atoms with van der Waals surface area (Å²) in [6.45, 7) is 6.79. The molecule has 1 aromatic heterocycles. The molecule has 0 bridgehead atoms. The van der Waals surface area contributed by atoms with Crippen LogP contribution in [0.2, 0.25) is 0 Å². The number of amides is 1. The van der Waals surface area contributed by atoms with Gasteiger partial charge in [0.25, 0.3) is 5.91 Å². The largest absolute Gasteiger partial charge is 0.383 e. The van der Waals surface area contributed by atoms with Crippen molar-refractivity contribution in [2.75, 3.05) is 46.3 Å². The lowest BCUT2D eigenvalue weighted by Crippen LogP contribution is -2.64. The molecule has 2 aliphatic rings. The smallest absolute Gasteiger partial charge is 0.255 e. The number of carbonyl (C=O) groups is 1. The van der Waals surface area contributed by atoms with Crippen molar-refractivity contribution in [2.45, 2.75) is 25.0 Å². The summed E-state index contributed by atoms with van der Waals surface area (Å²) in [6, 6.07) is 11.7. The van der Waals surface area contributed by atoms with E-state index in [1.807, 2.05) is 54.4 Å². The van der Waals surface area contributed by atoms with Crippen LogP contribution in [0, 0.1) is 6.92 Å². The quantitative estimate of drug-likeness (QED) is 0.848. The van der Waals surface area contributed by atoms with Gasteiger partial charge >= 0.3 is 0 Å². The molecule has 1 amide bonds. The fourth-order valence-electron chi connectivity index (χ4n) is 4.58. The number of aliphatic hydroxyl groups is 1. The lowest BCUT2D eigenvalue weighted by atomic mass is 9.79. The highest BCUT2D eigenvalue weighted by atomic mass is 16.3. The van der Waals surface area contributed by atoms with E-state index in [0.29, 0.717) is 19.5 Å². The van der Waals surface area contributed by atoms with Gasteiger partial charge in [0.15, 0.2) is 0 Å². The summed E-state index contributed by atoms with van der Waals surface area (Å²) in [4.78, 5) is 22.8. The number of likely N-dealkylation sites (N-methyl/N-ethyl adjacent to an activating group) is 1. The maximum atomic E-state index is 13.1. The van der Waals surface area contributed by atoms with Crippen molar-refractivity contribution < 1.29 is 9.90 Å². The van der Waals surface area contributed by atoms with E-state index in [9.17, 15) is 9.90 Å². The number of benzene rings is 1. The number of piperidine rings is 1. The average molecular weight is 383 g/mol. The Bertz CT molecular complexity index is 813. The fourth-order valence-corrected chi connectivity index (χ4v) is 4.58. The first-order valence-corrected chi connectivity index (χ1v) is 10.1. The maximum absolute atomic E-state index is 13.1. The van der Waals surface area contributed by atoms with Crippen LogP contribution in [0.1, 0.15) is 28.0 Å². The summed E-state index contributed by atoms with van der Waals surface area (Å²) in [5.41, 5.74) is 1.62. The molecular weight excluding hydrogens is 352 g/mol. The first kappa shape index (κ1) is 19.2. The molecule has 2 N–H and O–H groups in total. The Morgan fingerprint density at radius 2 is 1.82 bits per heavy atom. The number of hydrogen-bond donors (Lipinski definition) is 2. The molecule has 0 radical (unpaired) electrons. The molecule has 3 heterocycles. The van der Waals surface area contributed by atoms with Gasteiger partial charge in [-0.05, 0) is 32.0 Å². The SMILES string of the molecule is Cc1[nH]ccc1C(=O)N1CC[C@](O)(c2ccccc2)[C@H](N2CCN(C)CC2)C1. The lowest BCUT2D eigenvalue weighted by Gasteiger charge is -2.51. The van der Waals surface area contributed by atoms with Crippen LogP contribution in [-0.4, -0.2) is 83.1 Å². The fraction of sp³-hybridized carbons (Fsp3) is 0.500. The van der Waals surface area contributed by atoms with E-state index in [4.69, 9.17) is 0 Å². The highest BCUT2D eigenvalue weighted by Crippen LogP contribution is 2.37. The number of H-pyrrole nitrogens is 1. The maximum Gasteiger partial charge on any atom is 0.255 e. The van der Waals surface area contributed by atoms with Gasteiger partial charge in [0.2, 0.25) is 0 Å². The van der Waals surface area contributed by atoms with Crippen molar-refractivity contribution in [3.63, 3.8) is 0 Å². The molecule has 0 unspecified atom stereocenters. The van der Waals surface area contributed by atoms with Crippen molar-refractivity contribution in [1.82, 2.24) is 19.7 Å². The Hall–Kier alpha value is -2.15. The highest BCUT2D eigenvalue weighted by Gasteiger charge is 2.47. The number of aromatic nitrogens is 1. The van der Waals surface area contributed by atoms with Gasteiger partial charge in [-0.25, -0.2) is 0 Å². The van der Waals surface area contributed by atoms with Crippen LogP contribution in [0.3, 0.4) is 0 Å². The number of nitrogens with zero attached hydrogens (tertiary/aromatic N) is 3. The third-order valence-corrected chi connectivity index (χ3v) is 6.43. The van der Waals surface area contributed by atoms with E-state index in [0.717, 1.165) is 43.0 Å². The molecule has 0 aliphatic carbocycles. The van der Waals surface area contributed by atoms with Gasteiger partial charge in [0, 0.05) is 51.2 Å². The van der Waals surface area contributed by atoms with Gasteiger partial charge in [0.05, 0.1) is 11.6 Å². The molecule has 2 fully saturated rings. The predicted molar refractivity (Wildman–Crippen MR) is 109 cm³/mol. The van der Waals surface area contributed by atoms with Gasteiger partial charge in [-0.15, -0.1) is 0 Å². The summed E-state index contributed by atoms with van der Waals surface area (Å²) in [6.07, 6.45) is 2.36. The van der Waals surface area contributed by atoms with Gasteiger partial charge in [0.1, 0.15) is 5.60 Å². The standard InChI is InChI=1S/C22H30N4O2/c1-17-19(8-10-23-17)21(27)26-11-9-22(28,18-6-4-3-5-7-18)20(16-26)25-14-12-24(2)13-15-25/h3-8,10,20,23,28H,9,11-16H2,1-2H3/t20-,22+/m1/s1. The van der Waals surface area contributed by atoms with Crippen molar-refractivity contribution in [1.29, 1.82) is 0 Å². The topological polar surface area (TPSA) is 62.8 Å². The molecule has 4 rings (SSSR count). The second kappa shape index (κ2) is 7.70. The molecule has 6 nitrogen and oxygen atoms in total. The second-order valence-corrected chi connectivity index (χ2v) is 8.16. The Labute approximate surface area is 166 Å². The third kappa shape index (κ3) is 3.48. The van der Waals surface area contributed by atoms with Crippen LogP contribution in [0.4, 0.5) is 0 Å². The van der Waals surface area contributed by atoms with Crippen molar-refractivity contribution in [3.8, 4) is 0 Å². The van der Waals surface area contributed by atoms with E-state index in [-0.39, 0.29) is 11.9 Å². The zero-order chi connectivity index (χ0) is 19.7. The minimum Gasteiger partial charge on any atom is -0.383 e. The van der Waals surface area contributed by atoms with Crippen LogP contribution in [0.15, 0.2) is 42.6 Å². The lowest BCUT2D eigenvalue weighted by molar-refractivity contribution is -0.101. The summed E-state index contributed by atoms with van der Waals surface area (Å²) >= 11 is 0. The van der Waals surface area contributed by atoms with Crippen molar-refractivity contribution in [2.24, 2.45) is 0 Å². The number of carbonyl (C=O) groups excluding carboxylic acids is 1. The number of piperazine rings is 1. The monoisotopic (exact) mass is 382 g/mol. The number of aryl methyl sites for hydroxylation is 1. The number of nitrogens with one attached hydrogen (secondary N) is 1. The Balaban J connectivity index is 1.62. The molecule has 0 saturated carbocycles. The number of hydrogen-bond acceptors (Lipinski definition) is 4. The Kier molecular flexibility index (Phi) is 5.27. The van der Waals surface area contributed by atoms with Crippen LogP contribution in [-0.2, 0) is 5.60 Å². The van der Waals surface area contributed by atoms with Crippen molar-refractivity contribution in [3.05, 3.63) is 59.4 Å². The molecular formula is C22H30N4O2. The third-order valence-electron chi connectivity index (χ3n) is 6.43. The summed E-state index contributed by atoms with van der Waals surface area (Å²) in [7, 11) is 2.13. The number of rotatable bonds is 3. The van der Waals surface area contributed by atoms with Gasteiger partial charge in [-0.1, -0.05) is 30.3 Å². The zero-order valence-electron chi connectivity index (χ0n) is 16.8. The number of aromatic amines is 1. The van der Waals surface area contributed by atoms with Gasteiger partial charge < -0.3 is 19.9 Å². The van der Waals surface area contributed by atoms with Crippen molar-refractivity contribution >= 4 is 5.91 Å². The van der Waals surface area contributed by atoms with Gasteiger partial charge in [-0.3, -0.25) is 9.69 Å². The normalized spacial score (nSPS) is 27.1. The molecule has 2 atom stereocenters. The van der Waals surface area contributed by atoms with E-state index in [2.05, 4.69) is 21.8 Å². The first-order chi connectivity index (χ1) is 13.5. The van der Waals surface area contributed by atoms with E-state index >= 15 is 0 Å². The highest BCUT2D eigenvalue weighted by molar-refractivity contribution is 5.95. The van der Waals surface area contributed by atoms with Gasteiger partial charge in [-0.2, -0.15) is 0 Å². The van der Waals surface area contributed by atoms with E-state index in [1.165, 1.54) is 0 Å². The van der Waals surface area contributed by atoms with Crippen LogP contribution < -0.4 is 0 Å². The molecule has 2 aliphatic heterocycles. The Morgan fingerprint density at radius 1 is 1.11 bits per heavy atom. The van der Waals surface area contributed by atoms with Crippen LogP contribution in [0.5, 0.6) is 0 Å². The molecule has 1 aromatic carbocycles. The minimum absolute atomic E-state index is 0.0491. The summed E-state index contributed by atoms with van der Waals surface area (Å²) in [5.74, 6) is 0.0491. The predicted octanol–water partition coefficient (Wildman–Crippen LogP) is 1.67. The van der Waals surface area contributed by atoms with E-state index in [1.54, 1.807) is 0 Å². The molecule has 2 aromatic rings. The van der Waals surface area contributed by atoms with E-state index < -0.39 is 5.60 Å². The summed E-state index contributed by atoms with van der Waals surface area (Å²) < 4.78 is 0. The molecule has 150 valence electrons. The van der Waals surface area contributed by atoms with Crippen LogP contribution in [0.25, 0.3) is 0 Å². The minimum atomic E-state index is -0.943.